The van der Waals surface area contributed by atoms with Crippen LogP contribution >= 0.6 is 0 Å². The largest absolute Gasteiger partial charge is 0.497 e. The second-order valence-corrected chi connectivity index (χ2v) is 5.17. The third-order valence-electron chi connectivity index (χ3n) is 4.00. The van der Waals surface area contributed by atoms with Crippen LogP contribution < -0.4 is 4.74 Å². The van der Waals surface area contributed by atoms with Crippen LogP contribution in [0.15, 0.2) is 48.5 Å². The summed E-state index contributed by atoms with van der Waals surface area (Å²) in [6, 6.07) is 14.8. The van der Waals surface area contributed by atoms with Crippen molar-refractivity contribution < 1.29 is 14.6 Å². The van der Waals surface area contributed by atoms with Crippen LogP contribution in [-0.2, 0) is 7.05 Å². The first kappa shape index (κ1) is 14.4. The molecule has 0 amide bonds. The number of aliphatic hydroxyl groups is 1. The maximum Gasteiger partial charge on any atom is 0.152 e. The van der Waals surface area contributed by atoms with Gasteiger partial charge in [0.1, 0.15) is 11.9 Å². The van der Waals surface area contributed by atoms with Crippen LogP contribution in [0.4, 0.5) is 0 Å². The van der Waals surface area contributed by atoms with Crippen LogP contribution in [-0.4, -0.2) is 23.1 Å². The molecular weight excluding hydrogens is 278 g/mol. The minimum absolute atomic E-state index is 0.529. The number of ether oxygens (including phenoxy) is 1. The third-order valence-corrected chi connectivity index (χ3v) is 4.00. The van der Waals surface area contributed by atoms with E-state index in [-0.39, 0.29) is 0 Å². The Hall–Kier alpha value is -2.59. The predicted molar refractivity (Wildman–Crippen MR) is 85.4 cm³/mol. The van der Waals surface area contributed by atoms with Gasteiger partial charge in [0.25, 0.3) is 0 Å². The average Bonchev–Trinajstić information content (AvgIpc) is 2.87. The molecule has 22 heavy (non-hydrogen) atoms. The molecule has 3 rings (SSSR count). The first-order valence-corrected chi connectivity index (χ1v) is 7.02. The summed E-state index contributed by atoms with van der Waals surface area (Å²) in [5, 5.41) is 11.6. The summed E-state index contributed by atoms with van der Waals surface area (Å²) in [6.07, 6.45) is -0.0618. The molecule has 0 saturated heterocycles. The van der Waals surface area contributed by atoms with Crippen molar-refractivity contribution in [1.29, 1.82) is 0 Å². The van der Waals surface area contributed by atoms with Crippen molar-refractivity contribution >= 4 is 17.2 Å². The topological polar surface area (TPSA) is 51.5 Å². The van der Waals surface area contributed by atoms with Crippen LogP contribution in [0.5, 0.6) is 5.75 Å². The van der Waals surface area contributed by atoms with E-state index in [0.29, 0.717) is 11.3 Å². The van der Waals surface area contributed by atoms with Gasteiger partial charge in [0.2, 0.25) is 0 Å². The molecule has 112 valence electrons. The van der Waals surface area contributed by atoms with Crippen LogP contribution in [0.2, 0.25) is 0 Å². The molecule has 0 aliphatic carbocycles. The summed E-state index contributed by atoms with van der Waals surface area (Å²) < 4.78 is 7.00. The Morgan fingerprint density at radius 1 is 1.14 bits per heavy atom. The van der Waals surface area contributed by atoms with Crippen LogP contribution in [0, 0.1) is 0 Å². The monoisotopic (exact) mass is 295 g/mol. The summed E-state index contributed by atoms with van der Waals surface area (Å²) in [6.45, 7) is 0. The standard InChI is InChI=1S/C18H17NO3/c1-19-16-6-4-3-5-14(16)15(11-20)17(19)18(21)12-7-9-13(22-2)10-8-12/h3-11,18,21H,1-2H3. The lowest BCUT2D eigenvalue weighted by atomic mass is 10.0. The number of benzene rings is 2. The second kappa shape index (κ2) is 5.66. The van der Waals surface area contributed by atoms with Crippen molar-refractivity contribution in [2.45, 2.75) is 6.10 Å². The lowest BCUT2D eigenvalue weighted by Gasteiger charge is -2.14. The fourth-order valence-corrected chi connectivity index (χ4v) is 2.84. The van der Waals surface area contributed by atoms with Gasteiger partial charge in [0.15, 0.2) is 6.29 Å². The number of fused-ring (bicyclic) bond motifs is 1. The van der Waals surface area contributed by atoms with E-state index in [0.717, 1.165) is 28.5 Å². The van der Waals surface area contributed by atoms with Gasteiger partial charge in [-0.2, -0.15) is 0 Å². The van der Waals surface area contributed by atoms with Crippen LogP contribution in [0.1, 0.15) is 27.7 Å². The smallest absolute Gasteiger partial charge is 0.152 e. The molecular formula is C18H17NO3. The number of para-hydroxylation sites is 1. The number of carbonyl (C=O) groups is 1. The number of aliphatic hydroxyl groups excluding tert-OH is 1. The highest BCUT2D eigenvalue weighted by atomic mass is 16.5. The van der Waals surface area contributed by atoms with Crippen molar-refractivity contribution in [3.05, 3.63) is 65.4 Å². The molecule has 3 aromatic rings. The molecule has 1 atom stereocenters. The highest BCUT2D eigenvalue weighted by Gasteiger charge is 2.22. The van der Waals surface area contributed by atoms with Gasteiger partial charge in [-0.05, 0) is 23.8 Å². The first-order valence-electron chi connectivity index (χ1n) is 7.02. The van der Waals surface area contributed by atoms with Crippen molar-refractivity contribution in [1.82, 2.24) is 4.57 Å². The van der Waals surface area contributed by atoms with Crippen molar-refractivity contribution in [2.24, 2.45) is 7.05 Å². The van der Waals surface area contributed by atoms with E-state index in [1.165, 1.54) is 0 Å². The third kappa shape index (κ3) is 2.18. The highest BCUT2D eigenvalue weighted by Crippen LogP contribution is 2.32. The number of aromatic nitrogens is 1. The Labute approximate surface area is 128 Å². The summed E-state index contributed by atoms with van der Waals surface area (Å²) >= 11 is 0. The Kier molecular flexibility index (Phi) is 3.69. The minimum Gasteiger partial charge on any atom is -0.497 e. The molecule has 4 heteroatoms. The number of hydrogen-bond acceptors (Lipinski definition) is 3. The molecule has 1 heterocycles. The molecule has 0 saturated carbocycles. The van der Waals surface area contributed by atoms with Crippen molar-refractivity contribution in [3.8, 4) is 5.75 Å². The highest BCUT2D eigenvalue weighted by molar-refractivity contribution is 5.99. The molecule has 0 fully saturated rings. The lowest BCUT2D eigenvalue weighted by Crippen LogP contribution is -2.08. The summed E-state index contributed by atoms with van der Waals surface area (Å²) in [5.41, 5.74) is 2.77. The van der Waals surface area contributed by atoms with Gasteiger partial charge >= 0.3 is 0 Å². The van der Waals surface area contributed by atoms with Gasteiger partial charge in [-0.25, -0.2) is 0 Å². The van der Waals surface area contributed by atoms with Crippen LogP contribution in [0.25, 0.3) is 10.9 Å². The predicted octanol–water partition coefficient (Wildman–Crippen LogP) is 3.08. The molecule has 0 spiro atoms. The van der Waals surface area contributed by atoms with E-state index >= 15 is 0 Å². The summed E-state index contributed by atoms with van der Waals surface area (Å²) in [7, 11) is 3.46. The fourth-order valence-electron chi connectivity index (χ4n) is 2.84. The Bertz CT molecular complexity index is 818. The van der Waals surface area contributed by atoms with Crippen molar-refractivity contribution in [2.75, 3.05) is 7.11 Å². The zero-order chi connectivity index (χ0) is 15.7. The molecule has 0 aliphatic rings. The van der Waals surface area contributed by atoms with E-state index in [1.807, 2.05) is 35.9 Å². The van der Waals surface area contributed by atoms with E-state index in [1.54, 1.807) is 31.4 Å². The van der Waals surface area contributed by atoms with Gasteiger partial charge in [-0.15, -0.1) is 0 Å². The minimum atomic E-state index is -0.872. The number of carbonyl (C=O) groups excluding carboxylic acids is 1. The number of nitrogens with zero attached hydrogens (tertiary/aromatic N) is 1. The summed E-state index contributed by atoms with van der Waals surface area (Å²) in [5.74, 6) is 0.726. The van der Waals surface area contributed by atoms with Crippen molar-refractivity contribution in [3.63, 3.8) is 0 Å². The zero-order valence-electron chi connectivity index (χ0n) is 12.5. The fraction of sp³-hybridized carbons (Fsp3) is 0.167. The van der Waals surface area contributed by atoms with Gasteiger partial charge < -0.3 is 14.4 Å². The van der Waals surface area contributed by atoms with Gasteiger partial charge in [-0.3, -0.25) is 4.79 Å². The van der Waals surface area contributed by atoms with E-state index < -0.39 is 6.10 Å². The molecule has 0 aliphatic heterocycles. The number of aldehydes is 1. The van der Waals surface area contributed by atoms with E-state index in [2.05, 4.69) is 0 Å². The molecule has 1 aromatic heterocycles. The normalized spacial score (nSPS) is 12.3. The number of rotatable bonds is 4. The number of aryl methyl sites for hydroxylation is 1. The first-order chi connectivity index (χ1) is 10.7. The lowest BCUT2D eigenvalue weighted by molar-refractivity contribution is 0.111. The van der Waals surface area contributed by atoms with E-state index in [4.69, 9.17) is 4.74 Å². The van der Waals surface area contributed by atoms with Gasteiger partial charge in [-0.1, -0.05) is 30.3 Å². The molecule has 0 bridgehead atoms. The molecule has 0 radical (unpaired) electrons. The molecule has 1 unspecified atom stereocenters. The van der Waals surface area contributed by atoms with Gasteiger partial charge in [0.05, 0.1) is 12.8 Å². The number of hydrogen-bond donors (Lipinski definition) is 1. The Morgan fingerprint density at radius 2 is 1.82 bits per heavy atom. The summed E-state index contributed by atoms with van der Waals surface area (Å²) in [4.78, 5) is 11.5. The van der Waals surface area contributed by atoms with Crippen LogP contribution in [0.3, 0.4) is 0 Å². The molecule has 4 nitrogen and oxygen atoms in total. The maximum absolute atomic E-state index is 11.5. The zero-order valence-corrected chi connectivity index (χ0v) is 12.5. The molecule has 1 N–H and O–H groups in total. The maximum atomic E-state index is 11.5. The second-order valence-electron chi connectivity index (χ2n) is 5.17. The Balaban J connectivity index is 2.15. The van der Waals surface area contributed by atoms with Gasteiger partial charge in [0, 0.05) is 23.5 Å². The number of methoxy groups -OCH3 is 1. The average molecular weight is 295 g/mol. The molecule has 2 aromatic carbocycles. The SMILES string of the molecule is COc1ccc(C(O)c2c(C=O)c3ccccc3n2C)cc1. The van der Waals surface area contributed by atoms with E-state index in [9.17, 15) is 9.90 Å². The quantitative estimate of drug-likeness (QED) is 0.753. The Morgan fingerprint density at radius 3 is 2.45 bits per heavy atom.